The van der Waals surface area contributed by atoms with Crippen LogP contribution < -0.4 is 10.2 Å². The summed E-state index contributed by atoms with van der Waals surface area (Å²) < 4.78 is 0. The second-order valence-electron chi connectivity index (χ2n) is 6.78. The number of fused-ring (bicyclic) bond motifs is 2. The summed E-state index contributed by atoms with van der Waals surface area (Å²) in [5.74, 6) is -0.237. The molecule has 1 N–H and O–H groups in total. The summed E-state index contributed by atoms with van der Waals surface area (Å²) >= 11 is 6.19. The summed E-state index contributed by atoms with van der Waals surface area (Å²) in [6.07, 6.45) is 3.83. The third-order valence-corrected chi connectivity index (χ3v) is 5.33. The molecule has 5 nitrogen and oxygen atoms in total. The van der Waals surface area contributed by atoms with Crippen LogP contribution in [0, 0.1) is 0 Å². The van der Waals surface area contributed by atoms with Gasteiger partial charge in [-0.05, 0) is 48.7 Å². The van der Waals surface area contributed by atoms with Gasteiger partial charge in [0.1, 0.15) is 0 Å². The highest BCUT2D eigenvalue weighted by Gasteiger charge is 2.22. The van der Waals surface area contributed by atoms with Gasteiger partial charge in [0.2, 0.25) is 5.91 Å². The van der Waals surface area contributed by atoms with Gasteiger partial charge in [0.05, 0.1) is 16.1 Å². The zero-order valence-electron chi connectivity index (χ0n) is 15.3. The first-order chi connectivity index (χ1) is 13.6. The monoisotopic (exact) mass is 393 g/mol. The maximum absolute atomic E-state index is 12.7. The number of hydrogen-bond donors (Lipinski definition) is 1. The fourth-order valence-corrected chi connectivity index (χ4v) is 3.84. The van der Waals surface area contributed by atoms with E-state index < -0.39 is 0 Å². The van der Waals surface area contributed by atoms with Gasteiger partial charge in [0.15, 0.2) is 0 Å². The highest BCUT2D eigenvalue weighted by Crippen LogP contribution is 2.27. The Labute approximate surface area is 168 Å². The van der Waals surface area contributed by atoms with Crippen molar-refractivity contribution in [3.63, 3.8) is 0 Å². The Hall–Kier alpha value is -2.92. The molecular formula is C22H20ClN3O2. The number of carbonyl (C=O) groups is 2. The van der Waals surface area contributed by atoms with Crippen LogP contribution in [0.1, 0.15) is 28.8 Å². The third-order valence-electron chi connectivity index (χ3n) is 5.00. The van der Waals surface area contributed by atoms with Crippen molar-refractivity contribution >= 4 is 40.0 Å². The molecule has 6 heteroatoms. The van der Waals surface area contributed by atoms with Crippen LogP contribution in [0.15, 0.2) is 54.7 Å². The normalized spacial score (nSPS) is 13.2. The number of anilines is 1. The van der Waals surface area contributed by atoms with Crippen molar-refractivity contribution in [1.29, 1.82) is 0 Å². The Kier molecular flexibility index (Phi) is 5.26. The maximum Gasteiger partial charge on any atom is 0.253 e. The van der Waals surface area contributed by atoms with Crippen molar-refractivity contribution in [2.24, 2.45) is 0 Å². The number of aryl methyl sites for hydroxylation is 1. The molecule has 1 aromatic heterocycles. The molecule has 0 saturated carbocycles. The van der Waals surface area contributed by atoms with Crippen molar-refractivity contribution in [2.75, 3.05) is 18.0 Å². The summed E-state index contributed by atoms with van der Waals surface area (Å²) in [6.45, 7) is 0.989. The van der Waals surface area contributed by atoms with Crippen LogP contribution in [0.3, 0.4) is 0 Å². The molecule has 0 radical (unpaired) electrons. The number of aromatic nitrogens is 1. The largest absolute Gasteiger partial charge is 0.351 e. The molecule has 0 saturated heterocycles. The number of para-hydroxylation sites is 1. The van der Waals surface area contributed by atoms with Crippen LogP contribution in [-0.2, 0) is 11.2 Å². The quantitative estimate of drug-likeness (QED) is 0.729. The number of carbonyl (C=O) groups excluding carboxylic acids is 2. The van der Waals surface area contributed by atoms with E-state index >= 15 is 0 Å². The van der Waals surface area contributed by atoms with Gasteiger partial charge < -0.3 is 10.2 Å². The van der Waals surface area contributed by atoms with E-state index in [2.05, 4.69) is 16.4 Å². The van der Waals surface area contributed by atoms with Gasteiger partial charge in [-0.25, -0.2) is 0 Å². The van der Waals surface area contributed by atoms with Crippen molar-refractivity contribution < 1.29 is 9.59 Å². The standard InChI is InChI=1S/C22H20ClN3O2/c23-18-10-9-17(21-16(18)7-3-12-24-21)22(28)25-13-11-20(27)26-14-4-6-15-5-1-2-8-19(15)26/h1-3,5,7-10,12H,4,6,11,13-14H2,(H,25,28). The number of nitrogens with one attached hydrogen (secondary N) is 1. The van der Waals surface area contributed by atoms with E-state index in [1.165, 1.54) is 5.56 Å². The Morgan fingerprint density at radius 1 is 1.11 bits per heavy atom. The molecule has 0 atom stereocenters. The SMILES string of the molecule is O=C(NCCC(=O)N1CCCc2ccccc21)c1ccc(Cl)c2cccnc12. The van der Waals surface area contributed by atoms with Crippen LogP contribution in [0.5, 0.6) is 0 Å². The van der Waals surface area contributed by atoms with Crippen molar-refractivity contribution in [1.82, 2.24) is 10.3 Å². The molecule has 3 aromatic rings. The van der Waals surface area contributed by atoms with Crippen molar-refractivity contribution in [2.45, 2.75) is 19.3 Å². The second kappa shape index (κ2) is 7.98. The molecule has 0 unspecified atom stereocenters. The van der Waals surface area contributed by atoms with E-state index in [0.717, 1.165) is 30.5 Å². The first-order valence-electron chi connectivity index (χ1n) is 9.35. The second-order valence-corrected chi connectivity index (χ2v) is 7.19. The molecule has 142 valence electrons. The van der Waals surface area contributed by atoms with Gasteiger partial charge in [-0.3, -0.25) is 14.6 Å². The Bertz CT molecular complexity index is 1050. The topological polar surface area (TPSA) is 62.3 Å². The number of amides is 2. The molecule has 0 bridgehead atoms. The highest BCUT2D eigenvalue weighted by atomic mass is 35.5. The maximum atomic E-state index is 12.7. The van der Waals surface area contributed by atoms with Gasteiger partial charge in [-0.1, -0.05) is 29.8 Å². The lowest BCUT2D eigenvalue weighted by molar-refractivity contribution is -0.118. The van der Waals surface area contributed by atoms with Gasteiger partial charge in [-0.2, -0.15) is 0 Å². The molecule has 0 spiro atoms. The smallest absolute Gasteiger partial charge is 0.253 e. The third kappa shape index (κ3) is 3.58. The molecule has 0 aliphatic carbocycles. The minimum atomic E-state index is -0.257. The number of benzene rings is 2. The number of hydrogen-bond acceptors (Lipinski definition) is 3. The van der Waals surface area contributed by atoms with Gasteiger partial charge in [0, 0.05) is 36.8 Å². The molecule has 2 aromatic carbocycles. The predicted octanol–water partition coefficient (Wildman–Crippen LogP) is 3.99. The lowest BCUT2D eigenvalue weighted by atomic mass is 10.0. The van der Waals surface area contributed by atoms with Gasteiger partial charge >= 0.3 is 0 Å². The summed E-state index contributed by atoms with van der Waals surface area (Å²) in [7, 11) is 0. The molecule has 28 heavy (non-hydrogen) atoms. The minimum Gasteiger partial charge on any atom is -0.351 e. The fraction of sp³-hybridized carbons (Fsp3) is 0.227. The number of pyridine rings is 1. The fourth-order valence-electron chi connectivity index (χ4n) is 3.63. The first-order valence-corrected chi connectivity index (χ1v) is 9.72. The average Bonchev–Trinajstić information content (AvgIpc) is 2.73. The molecule has 2 amide bonds. The van der Waals surface area contributed by atoms with Crippen LogP contribution in [0.4, 0.5) is 5.69 Å². The summed E-state index contributed by atoms with van der Waals surface area (Å²) in [6, 6.07) is 15.0. The predicted molar refractivity (Wildman–Crippen MR) is 111 cm³/mol. The zero-order valence-corrected chi connectivity index (χ0v) is 16.1. The Morgan fingerprint density at radius 2 is 1.96 bits per heavy atom. The Balaban J connectivity index is 1.42. The minimum absolute atomic E-state index is 0.0199. The van der Waals surface area contributed by atoms with E-state index in [9.17, 15) is 9.59 Å². The molecule has 2 heterocycles. The van der Waals surface area contributed by atoms with Crippen LogP contribution in [0.2, 0.25) is 5.02 Å². The summed E-state index contributed by atoms with van der Waals surface area (Å²) in [4.78, 5) is 31.4. The lowest BCUT2D eigenvalue weighted by Crippen LogP contribution is -2.37. The summed E-state index contributed by atoms with van der Waals surface area (Å²) in [5.41, 5.74) is 3.20. The Morgan fingerprint density at radius 3 is 2.86 bits per heavy atom. The lowest BCUT2D eigenvalue weighted by Gasteiger charge is -2.29. The van der Waals surface area contributed by atoms with Crippen LogP contribution in [-0.4, -0.2) is 29.9 Å². The first kappa shape index (κ1) is 18.4. The van der Waals surface area contributed by atoms with E-state index in [1.807, 2.05) is 29.2 Å². The van der Waals surface area contributed by atoms with Crippen molar-refractivity contribution in [3.8, 4) is 0 Å². The molecule has 1 aliphatic heterocycles. The van der Waals surface area contributed by atoms with E-state index in [-0.39, 0.29) is 24.8 Å². The molecule has 1 aliphatic rings. The highest BCUT2D eigenvalue weighted by molar-refractivity contribution is 6.36. The van der Waals surface area contributed by atoms with E-state index in [0.29, 0.717) is 16.1 Å². The van der Waals surface area contributed by atoms with E-state index in [1.54, 1.807) is 24.4 Å². The molecular weight excluding hydrogens is 374 g/mol. The number of rotatable bonds is 4. The number of nitrogens with zero attached hydrogens (tertiary/aromatic N) is 2. The van der Waals surface area contributed by atoms with Gasteiger partial charge in [-0.15, -0.1) is 0 Å². The van der Waals surface area contributed by atoms with Crippen LogP contribution >= 0.6 is 11.6 Å². The molecule has 4 rings (SSSR count). The van der Waals surface area contributed by atoms with E-state index in [4.69, 9.17) is 11.6 Å². The summed E-state index contributed by atoms with van der Waals surface area (Å²) in [5, 5.41) is 4.12. The zero-order chi connectivity index (χ0) is 19.5. The van der Waals surface area contributed by atoms with Gasteiger partial charge in [0.25, 0.3) is 5.91 Å². The molecule has 0 fully saturated rings. The number of halogens is 1. The van der Waals surface area contributed by atoms with Crippen molar-refractivity contribution in [3.05, 3.63) is 70.9 Å². The van der Waals surface area contributed by atoms with Crippen LogP contribution in [0.25, 0.3) is 10.9 Å². The average molecular weight is 394 g/mol.